The topological polar surface area (TPSA) is 35.5 Å². The fraction of sp³-hybridized carbons (Fsp3) is 0.955. The highest BCUT2D eigenvalue weighted by atomic mass is 28.4. The van der Waals surface area contributed by atoms with Crippen molar-refractivity contribution in [2.45, 2.75) is 125 Å². The van der Waals surface area contributed by atoms with E-state index in [9.17, 15) is 4.79 Å². The molecule has 0 heterocycles. The Balaban J connectivity index is 0. The van der Waals surface area contributed by atoms with E-state index in [4.69, 9.17) is 8.85 Å². The van der Waals surface area contributed by atoms with Crippen LogP contribution in [0.1, 0.15) is 82.6 Å². The summed E-state index contributed by atoms with van der Waals surface area (Å²) in [5.74, 6) is 0.272. The zero-order valence-corrected chi connectivity index (χ0v) is 21.9. The van der Waals surface area contributed by atoms with Crippen LogP contribution in [-0.2, 0) is 13.6 Å². The molecule has 0 aliphatic carbocycles. The van der Waals surface area contributed by atoms with Crippen molar-refractivity contribution in [3.8, 4) is 0 Å². The van der Waals surface area contributed by atoms with Crippen LogP contribution in [0.2, 0.25) is 36.3 Å². The summed E-state index contributed by atoms with van der Waals surface area (Å²) in [7, 11) is -3.76. The largest absolute Gasteiger partial charge is 0.417 e. The molecule has 0 aromatic rings. The summed E-state index contributed by atoms with van der Waals surface area (Å²) in [6.07, 6.45) is 1.23. The zero-order valence-electron chi connectivity index (χ0n) is 19.9. The Hall–Kier alpha value is 0.0238. The molecule has 0 aliphatic heterocycles. The first-order chi connectivity index (χ1) is 11.3. The molecule has 0 aromatic heterocycles. The van der Waals surface area contributed by atoms with Crippen LogP contribution in [0, 0.1) is 5.41 Å². The Morgan fingerprint density at radius 3 is 1.59 bits per heavy atom. The van der Waals surface area contributed by atoms with E-state index in [1.165, 1.54) is 0 Å². The number of rotatable bonds is 9. The molecule has 0 fully saturated rings. The highest BCUT2D eigenvalue weighted by molar-refractivity contribution is 6.74. The van der Waals surface area contributed by atoms with Gasteiger partial charge in [0.15, 0.2) is 16.6 Å². The van der Waals surface area contributed by atoms with Crippen LogP contribution in [0.15, 0.2) is 0 Å². The normalized spacial score (nSPS) is 15.3. The van der Waals surface area contributed by atoms with Gasteiger partial charge in [0.1, 0.15) is 5.78 Å². The smallest absolute Gasteiger partial charge is 0.192 e. The molecule has 164 valence electrons. The lowest BCUT2D eigenvalue weighted by Gasteiger charge is -2.44. The molecule has 0 saturated carbocycles. The summed E-state index contributed by atoms with van der Waals surface area (Å²) in [6, 6.07) is 0. The number of ketones is 1. The van der Waals surface area contributed by atoms with Gasteiger partial charge in [0.2, 0.25) is 0 Å². The molecule has 0 spiro atoms. The second-order valence-corrected chi connectivity index (χ2v) is 20.8. The number of hydrogen-bond donors (Lipinski definition) is 0. The third-order valence-corrected chi connectivity index (χ3v) is 15.8. The van der Waals surface area contributed by atoms with Crippen LogP contribution in [0.25, 0.3) is 0 Å². The van der Waals surface area contributed by atoms with Gasteiger partial charge in [-0.2, -0.15) is 0 Å². The van der Waals surface area contributed by atoms with Crippen molar-refractivity contribution in [3.63, 3.8) is 0 Å². The van der Waals surface area contributed by atoms with Crippen LogP contribution >= 0.6 is 0 Å². The van der Waals surface area contributed by atoms with Gasteiger partial charge in [0.05, 0.1) is 6.10 Å². The Labute approximate surface area is 173 Å². The number of Topliss-reactive ketones (excluding diaryl/α,β-unsaturated/α-hetero) is 1. The standard InChI is InChI=1S/C21H46O3Si2.CH4/c1-14-17(22)21(8,9)18(24-26(12,13)20(5,6)7)15-16-23-25(10,11)19(2,3)4;/h18H,14-16H2,1-13H3;1H4/t18-;/m0./s1. The predicted octanol–water partition coefficient (Wildman–Crippen LogP) is 7.43. The van der Waals surface area contributed by atoms with Crippen molar-refractivity contribution < 1.29 is 13.6 Å². The van der Waals surface area contributed by atoms with Gasteiger partial charge < -0.3 is 8.85 Å². The van der Waals surface area contributed by atoms with Gasteiger partial charge in [-0.25, -0.2) is 0 Å². The van der Waals surface area contributed by atoms with Gasteiger partial charge in [-0.15, -0.1) is 0 Å². The summed E-state index contributed by atoms with van der Waals surface area (Å²) in [6.45, 7) is 29.3. The second kappa shape index (κ2) is 9.68. The van der Waals surface area contributed by atoms with Gasteiger partial charge in [0.25, 0.3) is 0 Å². The molecular formula is C22H50O3Si2. The van der Waals surface area contributed by atoms with Crippen molar-refractivity contribution in [1.82, 2.24) is 0 Å². The lowest BCUT2D eigenvalue weighted by atomic mass is 9.80. The Bertz CT molecular complexity index is 469. The monoisotopic (exact) mass is 418 g/mol. The van der Waals surface area contributed by atoms with E-state index in [0.29, 0.717) is 13.0 Å². The van der Waals surface area contributed by atoms with Crippen molar-refractivity contribution in [2.75, 3.05) is 6.61 Å². The number of carbonyl (C=O) groups excluding carboxylic acids is 1. The average molecular weight is 419 g/mol. The SMILES string of the molecule is C.CCC(=O)C(C)(C)[C@H](CCO[Si](C)(C)C(C)(C)C)O[Si](C)(C)C(C)(C)C. The van der Waals surface area contributed by atoms with Gasteiger partial charge in [0, 0.05) is 18.4 Å². The first-order valence-corrected chi connectivity index (χ1v) is 16.0. The van der Waals surface area contributed by atoms with Gasteiger partial charge in [-0.05, 0) is 42.7 Å². The Morgan fingerprint density at radius 1 is 0.852 bits per heavy atom. The first-order valence-electron chi connectivity index (χ1n) is 10.1. The van der Waals surface area contributed by atoms with Crippen LogP contribution in [0.3, 0.4) is 0 Å². The molecule has 0 radical (unpaired) electrons. The van der Waals surface area contributed by atoms with E-state index in [-0.39, 0.29) is 29.4 Å². The molecule has 0 aromatic carbocycles. The summed E-state index contributed by atoms with van der Waals surface area (Å²) < 4.78 is 13.1. The van der Waals surface area contributed by atoms with Crippen LogP contribution < -0.4 is 0 Å². The highest BCUT2D eigenvalue weighted by Gasteiger charge is 2.45. The maximum Gasteiger partial charge on any atom is 0.192 e. The fourth-order valence-electron chi connectivity index (χ4n) is 2.37. The van der Waals surface area contributed by atoms with Gasteiger partial charge in [-0.3, -0.25) is 4.79 Å². The van der Waals surface area contributed by atoms with E-state index in [2.05, 4.69) is 67.7 Å². The lowest BCUT2D eigenvalue weighted by Crippen LogP contribution is -2.50. The van der Waals surface area contributed by atoms with E-state index < -0.39 is 22.0 Å². The number of hydrogen-bond acceptors (Lipinski definition) is 3. The quantitative estimate of drug-likeness (QED) is 0.365. The molecule has 0 rings (SSSR count). The minimum atomic E-state index is -1.97. The maximum atomic E-state index is 12.6. The summed E-state index contributed by atoms with van der Waals surface area (Å²) in [4.78, 5) is 12.6. The Morgan fingerprint density at radius 2 is 1.26 bits per heavy atom. The molecule has 27 heavy (non-hydrogen) atoms. The minimum Gasteiger partial charge on any atom is -0.417 e. The van der Waals surface area contributed by atoms with Crippen LogP contribution in [-0.4, -0.2) is 35.1 Å². The maximum absolute atomic E-state index is 12.6. The van der Waals surface area contributed by atoms with Crippen LogP contribution in [0.4, 0.5) is 0 Å². The van der Waals surface area contributed by atoms with E-state index in [1.54, 1.807) is 0 Å². The van der Waals surface area contributed by atoms with E-state index in [0.717, 1.165) is 6.42 Å². The molecule has 5 heteroatoms. The third kappa shape index (κ3) is 7.75. The lowest BCUT2D eigenvalue weighted by molar-refractivity contribution is -0.132. The Kier molecular flexibility index (Phi) is 10.5. The van der Waals surface area contributed by atoms with Gasteiger partial charge >= 0.3 is 0 Å². The average Bonchev–Trinajstić information content (AvgIpc) is 2.42. The molecule has 1 atom stereocenters. The van der Waals surface area contributed by atoms with Crippen molar-refractivity contribution in [2.24, 2.45) is 5.41 Å². The molecule has 3 nitrogen and oxygen atoms in total. The third-order valence-electron chi connectivity index (χ3n) is 6.74. The molecular weight excluding hydrogens is 368 g/mol. The molecule has 0 aliphatic rings. The van der Waals surface area contributed by atoms with E-state index >= 15 is 0 Å². The van der Waals surface area contributed by atoms with Gasteiger partial charge in [-0.1, -0.05) is 69.7 Å². The van der Waals surface area contributed by atoms with Crippen molar-refractivity contribution >= 4 is 22.4 Å². The summed E-state index contributed by atoms with van der Waals surface area (Å²) >= 11 is 0. The molecule has 0 N–H and O–H groups in total. The molecule has 0 unspecified atom stereocenters. The second-order valence-electron chi connectivity index (χ2n) is 11.3. The zero-order chi connectivity index (χ0) is 21.2. The van der Waals surface area contributed by atoms with E-state index in [1.807, 2.05) is 20.8 Å². The number of carbonyl (C=O) groups is 1. The fourth-order valence-corrected chi connectivity index (χ4v) is 4.91. The first kappa shape index (κ1) is 29.2. The minimum absolute atomic E-state index is 0. The summed E-state index contributed by atoms with van der Waals surface area (Å²) in [5, 5.41) is 0.314. The summed E-state index contributed by atoms with van der Waals surface area (Å²) in [5.41, 5.74) is -0.485. The molecule has 0 saturated heterocycles. The van der Waals surface area contributed by atoms with Crippen molar-refractivity contribution in [1.29, 1.82) is 0 Å². The van der Waals surface area contributed by atoms with Crippen LogP contribution in [0.5, 0.6) is 0 Å². The molecule has 0 amide bonds. The predicted molar refractivity (Wildman–Crippen MR) is 126 cm³/mol. The van der Waals surface area contributed by atoms with Crippen molar-refractivity contribution in [3.05, 3.63) is 0 Å². The highest BCUT2D eigenvalue weighted by Crippen LogP contribution is 2.41. The molecule has 0 bridgehead atoms.